The lowest BCUT2D eigenvalue weighted by Gasteiger charge is -2.11. The fraction of sp³-hybridized carbons (Fsp3) is 0.533. The van der Waals surface area contributed by atoms with Crippen LogP contribution in [-0.2, 0) is 6.54 Å². The van der Waals surface area contributed by atoms with Gasteiger partial charge in [-0.3, -0.25) is 4.57 Å². The monoisotopic (exact) mass is 304 g/mol. The molecule has 21 heavy (non-hydrogen) atoms. The smallest absolute Gasteiger partial charge is 0.200 e. The molecular weight excluding hydrogens is 284 g/mol. The van der Waals surface area contributed by atoms with Crippen molar-refractivity contribution in [3.63, 3.8) is 0 Å². The molecule has 0 aliphatic carbocycles. The average Bonchev–Trinajstić information content (AvgIpc) is 3.08. The molecule has 112 valence electrons. The van der Waals surface area contributed by atoms with Crippen LogP contribution in [0.2, 0.25) is 0 Å². The Balaban J connectivity index is 2.08. The highest BCUT2D eigenvalue weighted by atomic mass is 32.2. The molecule has 0 atom stereocenters. The van der Waals surface area contributed by atoms with Crippen LogP contribution in [0.4, 0.5) is 0 Å². The van der Waals surface area contributed by atoms with Crippen LogP contribution < -0.4 is 0 Å². The molecule has 0 amide bonds. The molecule has 5 nitrogen and oxygen atoms in total. The van der Waals surface area contributed by atoms with E-state index in [4.69, 9.17) is 9.68 Å². The van der Waals surface area contributed by atoms with Gasteiger partial charge in [0.05, 0.1) is 12.3 Å². The van der Waals surface area contributed by atoms with E-state index >= 15 is 0 Å². The maximum atomic E-state index is 8.54. The summed E-state index contributed by atoms with van der Waals surface area (Å²) in [6, 6.07) is 5.94. The lowest BCUT2D eigenvalue weighted by Crippen LogP contribution is -2.07. The normalized spacial score (nSPS) is 11.0. The standard InChI is InChI=1S/C15H20N4OS/c1-12(2)11-19-14(13-7-6-9-20-13)17-18-15(19)21-10-5-3-4-8-16/h6-7,9,12H,3-5,10-11H2,1-2H3. The highest BCUT2D eigenvalue weighted by Gasteiger charge is 2.16. The quantitative estimate of drug-likeness (QED) is 0.545. The molecule has 0 aliphatic rings. The van der Waals surface area contributed by atoms with Crippen LogP contribution in [0.1, 0.15) is 33.1 Å². The molecule has 0 bridgehead atoms. The van der Waals surface area contributed by atoms with Gasteiger partial charge in [0.25, 0.3) is 0 Å². The zero-order valence-electron chi connectivity index (χ0n) is 12.5. The van der Waals surface area contributed by atoms with Gasteiger partial charge in [0, 0.05) is 18.7 Å². The zero-order chi connectivity index (χ0) is 15.1. The van der Waals surface area contributed by atoms with E-state index in [1.165, 1.54) is 0 Å². The van der Waals surface area contributed by atoms with Crippen molar-refractivity contribution in [3.05, 3.63) is 18.4 Å². The Kier molecular flexibility index (Phi) is 5.88. The van der Waals surface area contributed by atoms with Gasteiger partial charge in [-0.1, -0.05) is 25.6 Å². The van der Waals surface area contributed by atoms with E-state index in [0.29, 0.717) is 12.3 Å². The van der Waals surface area contributed by atoms with Gasteiger partial charge in [0.2, 0.25) is 0 Å². The number of thioether (sulfide) groups is 1. The Labute approximate surface area is 129 Å². The Morgan fingerprint density at radius 1 is 1.38 bits per heavy atom. The predicted octanol–water partition coefficient (Wildman–Crippen LogP) is 3.98. The first-order valence-electron chi connectivity index (χ1n) is 7.19. The largest absolute Gasteiger partial charge is 0.461 e. The molecule has 2 aromatic heterocycles. The molecule has 0 aromatic carbocycles. The van der Waals surface area contributed by atoms with Crippen molar-refractivity contribution in [2.75, 3.05) is 5.75 Å². The molecule has 0 spiro atoms. The average molecular weight is 304 g/mol. The van der Waals surface area contributed by atoms with Gasteiger partial charge in [-0.15, -0.1) is 10.2 Å². The van der Waals surface area contributed by atoms with Crippen LogP contribution in [0.5, 0.6) is 0 Å². The molecule has 0 saturated heterocycles. The van der Waals surface area contributed by atoms with E-state index in [-0.39, 0.29) is 0 Å². The Bertz CT molecular complexity index is 583. The van der Waals surface area contributed by atoms with Gasteiger partial charge in [-0.05, 0) is 30.9 Å². The molecule has 0 unspecified atom stereocenters. The van der Waals surface area contributed by atoms with E-state index in [2.05, 4.69) is 34.7 Å². The van der Waals surface area contributed by atoms with Gasteiger partial charge >= 0.3 is 0 Å². The van der Waals surface area contributed by atoms with E-state index in [0.717, 1.165) is 41.9 Å². The Hall–Kier alpha value is -1.74. The molecule has 2 heterocycles. The van der Waals surface area contributed by atoms with Crippen molar-refractivity contribution in [2.24, 2.45) is 5.92 Å². The van der Waals surface area contributed by atoms with Crippen LogP contribution in [0, 0.1) is 17.2 Å². The van der Waals surface area contributed by atoms with Crippen molar-refractivity contribution in [2.45, 2.75) is 44.8 Å². The van der Waals surface area contributed by atoms with E-state index in [9.17, 15) is 0 Å². The van der Waals surface area contributed by atoms with Gasteiger partial charge in [-0.25, -0.2) is 0 Å². The second-order valence-corrected chi connectivity index (χ2v) is 6.31. The summed E-state index contributed by atoms with van der Waals surface area (Å²) in [5, 5.41) is 18.0. The summed E-state index contributed by atoms with van der Waals surface area (Å²) in [6.45, 7) is 5.21. The third kappa shape index (κ3) is 4.36. The third-order valence-electron chi connectivity index (χ3n) is 2.92. The number of nitriles is 1. The minimum absolute atomic E-state index is 0.507. The van der Waals surface area contributed by atoms with E-state index < -0.39 is 0 Å². The number of hydrogen-bond donors (Lipinski definition) is 0. The number of furan rings is 1. The molecule has 0 saturated carbocycles. The van der Waals surface area contributed by atoms with E-state index in [1.807, 2.05) is 12.1 Å². The first kappa shape index (κ1) is 15.6. The summed E-state index contributed by atoms with van der Waals surface area (Å²) >= 11 is 1.70. The second kappa shape index (κ2) is 7.89. The van der Waals surface area contributed by atoms with E-state index in [1.54, 1.807) is 18.0 Å². The molecule has 0 radical (unpaired) electrons. The van der Waals surface area contributed by atoms with Crippen LogP contribution in [0.15, 0.2) is 28.0 Å². The summed E-state index contributed by atoms with van der Waals surface area (Å²) in [7, 11) is 0. The van der Waals surface area contributed by atoms with Crippen molar-refractivity contribution in [1.82, 2.24) is 14.8 Å². The van der Waals surface area contributed by atoms with Crippen molar-refractivity contribution < 1.29 is 4.42 Å². The van der Waals surface area contributed by atoms with Crippen LogP contribution in [0.25, 0.3) is 11.6 Å². The third-order valence-corrected chi connectivity index (χ3v) is 3.97. The fourth-order valence-electron chi connectivity index (χ4n) is 1.98. The first-order valence-corrected chi connectivity index (χ1v) is 8.17. The predicted molar refractivity (Wildman–Crippen MR) is 82.8 cm³/mol. The highest BCUT2D eigenvalue weighted by Crippen LogP contribution is 2.26. The lowest BCUT2D eigenvalue weighted by molar-refractivity contribution is 0.489. The number of rotatable bonds is 8. The number of hydrogen-bond acceptors (Lipinski definition) is 5. The van der Waals surface area contributed by atoms with Gasteiger partial charge < -0.3 is 4.42 Å². The highest BCUT2D eigenvalue weighted by molar-refractivity contribution is 7.99. The number of nitrogens with zero attached hydrogens (tertiary/aromatic N) is 4. The number of unbranched alkanes of at least 4 members (excludes halogenated alkanes) is 2. The summed E-state index contributed by atoms with van der Waals surface area (Å²) in [6.07, 6.45) is 4.23. The van der Waals surface area contributed by atoms with Gasteiger partial charge in [-0.2, -0.15) is 5.26 Å². The minimum Gasteiger partial charge on any atom is -0.461 e. The van der Waals surface area contributed by atoms with Crippen LogP contribution >= 0.6 is 11.8 Å². The summed E-state index contributed by atoms with van der Waals surface area (Å²) in [5.41, 5.74) is 0. The Morgan fingerprint density at radius 3 is 2.90 bits per heavy atom. The zero-order valence-corrected chi connectivity index (χ0v) is 13.3. The molecule has 0 N–H and O–H groups in total. The molecule has 2 aromatic rings. The minimum atomic E-state index is 0.507. The van der Waals surface area contributed by atoms with Gasteiger partial charge in [0.1, 0.15) is 0 Å². The van der Waals surface area contributed by atoms with Crippen molar-refractivity contribution >= 4 is 11.8 Å². The SMILES string of the molecule is CC(C)Cn1c(SCCCCC#N)nnc1-c1ccco1. The molecule has 6 heteroatoms. The molecule has 0 aliphatic heterocycles. The topological polar surface area (TPSA) is 67.6 Å². The fourth-order valence-corrected chi connectivity index (χ4v) is 2.93. The van der Waals surface area contributed by atoms with Crippen LogP contribution in [0.3, 0.4) is 0 Å². The summed E-state index contributed by atoms with van der Waals surface area (Å²) < 4.78 is 7.57. The molecular formula is C15H20N4OS. The maximum absolute atomic E-state index is 8.54. The van der Waals surface area contributed by atoms with Gasteiger partial charge in [0.15, 0.2) is 16.7 Å². The van der Waals surface area contributed by atoms with Crippen LogP contribution in [-0.4, -0.2) is 20.5 Å². The van der Waals surface area contributed by atoms with Crippen molar-refractivity contribution in [3.8, 4) is 17.7 Å². The molecule has 2 rings (SSSR count). The lowest BCUT2D eigenvalue weighted by atomic mass is 10.2. The second-order valence-electron chi connectivity index (χ2n) is 5.25. The molecule has 0 fully saturated rings. The number of aromatic nitrogens is 3. The Morgan fingerprint density at radius 2 is 2.24 bits per heavy atom. The first-order chi connectivity index (χ1) is 10.2. The van der Waals surface area contributed by atoms with Crippen molar-refractivity contribution in [1.29, 1.82) is 5.26 Å². The summed E-state index contributed by atoms with van der Waals surface area (Å²) in [5.74, 6) is 3.00. The summed E-state index contributed by atoms with van der Waals surface area (Å²) in [4.78, 5) is 0. The maximum Gasteiger partial charge on any atom is 0.200 e.